The molecule has 1 aromatic carbocycles. The summed E-state index contributed by atoms with van der Waals surface area (Å²) in [7, 11) is 0. The highest BCUT2D eigenvalue weighted by Crippen LogP contribution is 2.29. The molecule has 1 aliphatic rings. The number of nitrogens with two attached hydrogens (primary N) is 1. The van der Waals surface area contributed by atoms with Gasteiger partial charge in [0.05, 0.1) is 5.54 Å². The summed E-state index contributed by atoms with van der Waals surface area (Å²) in [6, 6.07) is 8.20. The lowest BCUT2D eigenvalue weighted by molar-refractivity contribution is 0.0462. The quantitative estimate of drug-likeness (QED) is 0.857. The van der Waals surface area contributed by atoms with E-state index in [1.165, 1.54) is 11.1 Å². The van der Waals surface area contributed by atoms with Crippen molar-refractivity contribution in [2.45, 2.75) is 44.8 Å². The van der Waals surface area contributed by atoms with Gasteiger partial charge in [-0.1, -0.05) is 24.3 Å². The van der Waals surface area contributed by atoms with Gasteiger partial charge in [0.2, 0.25) is 0 Å². The number of amides is 1. The Bertz CT molecular complexity index is 452. The van der Waals surface area contributed by atoms with Crippen LogP contribution in [0.25, 0.3) is 0 Å². The number of rotatable bonds is 2. The SMILES string of the molecule is CC(C)(C)OC(=O)NC1(CN)Cc2ccccc2C1. The highest BCUT2D eigenvalue weighted by molar-refractivity contribution is 5.69. The van der Waals surface area contributed by atoms with E-state index in [9.17, 15) is 4.79 Å². The Morgan fingerprint density at radius 3 is 2.26 bits per heavy atom. The Kier molecular flexibility index (Phi) is 3.54. The third-order valence-corrected chi connectivity index (χ3v) is 3.33. The Balaban J connectivity index is 2.08. The van der Waals surface area contributed by atoms with Crippen molar-refractivity contribution in [2.24, 2.45) is 5.73 Å². The maximum Gasteiger partial charge on any atom is 0.408 e. The van der Waals surface area contributed by atoms with Gasteiger partial charge in [-0.15, -0.1) is 0 Å². The summed E-state index contributed by atoms with van der Waals surface area (Å²) in [5.41, 5.74) is 7.49. The molecule has 0 heterocycles. The average molecular weight is 262 g/mol. The number of carbonyl (C=O) groups excluding carboxylic acids is 1. The molecule has 4 heteroatoms. The lowest BCUT2D eigenvalue weighted by Gasteiger charge is -2.30. The Morgan fingerprint density at radius 2 is 1.84 bits per heavy atom. The van der Waals surface area contributed by atoms with E-state index in [-0.39, 0.29) is 0 Å². The number of ether oxygens (including phenoxy) is 1. The van der Waals surface area contributed by atoms with Gasteiger partial charge in [0.1, 0.15) is 5.60 Å². The Labute approximate surface area is 114 Å². The maximum atomic E-state index is 11.9. The minimum atomic E-state index is -0.495. The summed E-state index contributed by atoms with van der Waals surface area (Å²) in [4.78, 5) is 11.9. The van der Waals surface area contributed by atoms with Gasteiger partial charge in [-0.2, -0.15) is 0 Å². The maximum absolute atomic E-state index is 11.9. The van der Waals surface area contributed by atoms with Crippen molar-refractivity contribution in [1.29, 1.82) is 0 Å². The van der Waals surface area contributed by atoms with E-state index in [2.05, 4.69) is 17.4 Å². The van der Waals surface area contributed by atoms with Crippen LogP contribution in [0, 0.1) is 0 Å². The fourth-order valence-electron chi connectivity index (χ4n) is 2.50. The zero-order chi connectivity index (χ0) is 14.1. The third kappa shape index (κ3) is 3.26. The Hall–Kier alpha value is -1.55. The van der Waals surface area contributed by atoms with E-state index in [4.69, 9.17) is 10.5 Å². The number of benzene rings is 1. The Morgan fingerprint density at radius 1 is 1.32 bits per heavy atom. The first-order chi connectivity index (χ1) is 8.84. The number of nitrogens with one attached hydrogen (secondary N) is 1. The molecule has 0 atom stereocenters. The molecule has 3 N–H and O–H groups in total. The summed E-state index contributed by atoms with van der Waals surface area (Å²) >= 11 is 0. The topological polar surface area (TPSA) is 64.3 Å². The fraction of sp³-hybridized carbons (Fsp3) is 0.533. The zero-order valence-corrected chi connectivity index (χ0v) is 11.8. The van der Waals surface area contributed by atoms with Gasteiger partial charge < -0.3 is 15.8 Å². The number of alkyl carbamates (subject to hydrolysis) is 1. The molecule has 0 saturated carbocycles. The zero-order valence-electron chi connectivity index (χ0n) is 11.8. The van der Waals surface area contributed by atoms with Gasteiger partial charge in [-0.25, -0.2) is 4.79 Å². The molecule has 2 rings (SSSR count). The van der Waals surface area contributed by atoms with Crippen LogP contribution in [0.15, 0.2) is 24.3 Å². The van der Waals surface area contributed by atoms with E-state index in [1.54, 1.807) is 0 Å². The predicted octanol–water partition coefficient (Wildman–Crippen LogP) is 2.01. The first-order valence-electron chi connectivity index (χ1n) is 6.62. The minimum absolute atomic E-state index is 0.397. The van der Waals surface area contributed by atoms with Crippen molar-refractivity contribution < 1.29 is 9.53 Å². The van der Waals surface area contributed by atoms with Gasteiger partial charge in [0.25, 0.3) is 0 Å². The molecule has 19 heavy (non-hydrogen) atoms. The van der Waals surface area contributed by atoms with Crippen LogP contribution in [0.1, 0.15) is 31.9 Å². The van der Waals surface area contributed by atoms with Crippen LogP contribution in [-0.4, -0.2) is 23.8 Å². The van der Waals surface area contributed by atoms with E-state index in [0.29, 0.717) is 6.54 Å². The molecule has 1 aliphatic carbocycles. The molecule has 0 aliphatic heterocycles. The molecule has 0 fully saturated rings. The average Bonchev–Trinajstić information content (AvgIpc) is 2.64. The van der Waals surface area contributed by atoms with Crippen molar-refractivity contribution >= 4 is 6.09 Å². The summed E-state index contributed by atoms with van der Waals surface area (Å²) in [5, 5.41) is 2.96. The number of hydrogen-bond donors (Lipinski definition) is 2. The molecule has 1 aromatic rings. The molecule has 104 valence electrons. The monoisotopic (exact) mass is 262 g/mol. The lowest BCUT2D eigenvalue weighted by Crippen LogP contribution is -2.55. The predicted molar refractivity (Wildman–Crippen MR) is 75.0 cm³/mol. The molecule has 0 radical (unpaired) electrons. The standard InChI is InChI=1S/C15H22N2O2/c1-14(2,3)19-13(18)17-15(10-16)8-11-6-4-5-7-12(11)9-15/h4-7H,8-10,16H2,1-3H3,(H,17,18). The summed E-state index contributed by atoms with van der Waals surface area (Å²) < 4.78 is 5.32. The van der Waals surface area contributed by atoms with Crippen molar-refractivity contribution in [1.82, 2.24) is 5.32 Å². The van der Waals surface area contributed by atoms with E-state index >= 15 is 0 Å². The van der Waals surface area contributed by atoms with Crippen LogP contribution >= 0.6 is 0 Å². The first-order valence-corrected chi connectivity index (χ1v) is 6.62. The van der Waals surface area contributed by atoms with Gasteiger partial charge in [0, 0.05) is 6.54 Å². The molecule has 0 saturated heterocycles. The number of hydrogen-bond acceptors (Lipinski definition) is 3. The molecular weight excluding hydrogens is 240 g/mol. The molecule has 0 spiro atoms. The largest absolute Gasteiger partial charge is 0.444 e. The number of carbonyl (C=O) groups is 1. The number of fused-ring (bicyclic) bond motifs is 1. The second-order valence-corrected chi connectivity index (χ2v) is 6.23. The molecule has 0 aromatic heterocycles. The minimum Gasteiger partial charge on any atom is -0.444 e. The summed E-state index contributed by atoms with van der Waals surface area (Å²) in [6.07, 6.45) is 1.13. The normalized spacial score (nSPS) is 16.8. The van der Waals surface area contributed by atoms with Crippen LogP contribution in [0.2, 0.25) is 0 Å². The molecular formula is C15H22N2O2. The van der Waals surface area contributed by atoms with Gasteiger partial charge in [-0.3, -0.25) is 0 Å². The molecule has 4 nitrogen and oxygen atoms in total. The van der Waals surface area contributed by atoms with Gasteiger partial charge >= 0.3 is 6.09 Å². The van der Waals surface area contributed by atoms with Crippen LogP contribution in [-0.2, 0) is 17.6 Å². The van der Waals surface area contributed by atoms with Crippen LogP contribution < -0.4 is 11.1 Å². The lowest BCUT2D eigenvalue weighted by atomic mass is 9.96. The van der Waals surface area contributed by atoms with Crippen LogP contribution in [0.5, 0.6) is 0 Å². The molecule has 1 amide bonds. The first kappa shape index (κ1) is 13.9. The highest BCUT2D eigenvalue weighted by Gasteiger charge is 2.38. The second-order valence-electron chi connectivity index (χ2n) is 6.23. The fourth-order valence-corrected chi connectivity index (χ4v) is 2.50. The second kappa shape index (κ2) is 4.85. The van der Waals surface area contributed by atoms with Crippen LogP contribution in [0.4, 0.5) is 4.79 Å². The highest BCUT2D eigenvalue weighted by atomic mass is 16.6. The van der Waals surface area contributed by atoms with E-state index in [1.807, 2.05) is 32.9 Å². The van der Waals surface area contributed by atoms with Crippen molar-refractivity contribution in [3.8, 4) is 0 Å². The van der Waals surface area contributed by atoms with Crippen LogP contribution in [0.3, 0.4) is 0 Å². The van der Waals surface area contributed by atoms with E-state index < -0.39 is 17.2 Å². The third-order valence-electron chi connectivity index (χ3n) is 3.33. The molecule has 0 unspecified atom stereocenters. The smallest absolute Gasteiger partial charge is 0.408 e. The van der Waals surface area contributed by atoms with E-state index in [0.717, 1.165) is 12.8 Å². The van der Waals surface area contributed by atoms with Crippen molar-refractivity contribution in [3.63, 3.8) is 0 Å². The van der Waals surface area contributed by atoms with Gasteiger partial charge in [0.15, 0.2) is 0 Å². The van der Waals surface area contributed by atoms with Crippen molar-refractivity contribution in [3.05, 3.63) is 35.4 Å². The molecule has 0 bridgehead atoms. The van der Waals surface area contributed by atoms with Crippen molar-refractivity contribution in [2.75, 3.05) is 6.54 Å². The van der Waals surface area contributed by atoms with Gasteiger partial charge in [-0.05, 0) is 44.7 Å². The summed E-state index contributed by atoms with van der Waals surface area (Å²) in [6.45, 7) is 5.96. The summed E-state index contributed by atoms with van der Waals surface area (Å²) in [5.74, 6) is 0.